The van der Waals surface area contributed by atoms with E-state index in [1.807, 2.05) is 24.3 Å². The molecule has 1 aromatic carbocycles. The van der Waals surface area contributed by atoms with Crippen LogP contribution in [0.1, 0.15) is 23.3 Å². The van der Waals surface area contributed by atoms with Gasteiger partial charge in [-0.15, -0.1) is 0 Å². The molecule has 0 saturated heterocycles. The number of carbonyl (C=O) groups excluding carboxylic acids is 1. The zero-order valence-electron chi connectivity index (χ0n) is 8.06. The summed E-state index contributed by atoms with van der Waals surface area (Å²) in [6.45, 7) is 0. The fourth-order valence-electron chi connectivity index (χ4n) is 1.53. The third kappa shape index (κ3) is 1.61. The van der Waals surface area contributed by atoms with Gasteiger partial charge in [0.1, 0.15) is 5.69 Å². The van der Waals surface area contributed by atoms with Gasteiger partial charge in [0.15, 0.2) is 0 Å². The van der Waals surface area contributed by atoms with Gasteiger partial charge in [0.25, 0.3) is 5.91 Å². The Hall–Kier alpha value is -1.42. The number of aromatic nitrogens is 1. The molecular formula is C11H10N2OS. The molecule has 1 saturated carbocycles. The van der Waals surface area contributed by atoms with Gasteiger partial charge in [0.2, 0.25) is 0 Å². The molecule has 0 radical (unpaired) electrons. The molecular weight excluding hydrogens is 208 g/mol. The standard InChI is InChI=1S/C11H10N2OS/c14-11(12-7-5-6-7)10-8-3-1-2-4-9(8)15-13-10/h1-4,7H,5-6H2,(H,12,14). The minimum atomic E-state index is -0.0325. The molecule has 0 aliphatic heterocycles. The van der Waals surface area contributed by atoms with E-state index in [1.54, 1.807) is 0 Å². The Kier molecular flexibility index (Phi) is 1.95. The number of amides is 1. The van der Waals surface area contributed by atoms with E-state index in [-0.39, 0.29) is 5.91 Å². The lowest BCUT2D eigenvalue weighted by molar-refractivity contribution is 0.0949. The van der Waals surface area contributed by atoms with Crippen LogP contribution in [0.4, 0.5) is 0 Å². The summed E-state index contributed by atoms with van der Waals surface area (Å²) < 4.78 is 5.27. The first kappa shape index (κ1) is 8.85. The van der Waals surface area contributed by atoms with Crippen molar-refractivity contribution in [2.75, 3.05) is 0 Å². The third-order valence-electron chi connectivity index (χ3n) is 2.51. The summed E-state index contributed by atoms with van der Waals surface area (Å²) in [6, 6.07) is 8.22. The summed E-state index contributed by atoms with van der Waals surface area (Å²) in [7, 11) is 0. The second-order valence-electron chi connectivity index (χ2n) is 3.78. The number of hydrogen-bond donors (Lipinski definition) is 1. The number of fused-ring (bicyclic) bond motifs is 1. The Morgan fingerprint density at radius 1 is 1.40 bits per heavy atom. The molecule has 1 aromatic heterocycles. The van der Waals surface area contributed by atoms with Crippen LogP contribution in [0.2, 0.25) is 0 Å². The summed E-state index contributed by atoms with van der Waals surface area (Å²) in [5, 5.41) is 3.91. The average Bonchev–Trinajstić information content (AvgIpc) is 2.96. The summed E-state index contributed by atoms with van der Waals surface area (Å²) in [4.78, 5) is 11.8. The summed E-state index contributed by atoms with van der Waals surface area (Å²) in [5.41, 5.74) is 0.572. The van der Waals surface area contributed by atoms with E-state index in [4.69, 9.17) is 0 Å². The Bertz CT molecular complexity index is 516. The molecule has 76 valence electrons. The molecule has 1 aliphatic carbocycles. The van der Waals surface area contributed by atoms with E-state index in [0.29, 0.717) is 11.7 Å². The van der Waals surface area contributed by atoms with Crippen LogP contribution in [0, 0.1) is 0 Å². The van der Waals surface area contributed by atoms with Crippen LogP contribution in [0.3, 0.4) is 0 Å². The second-order valence-corrected chi connectivity index (χ2v) is 4.58. The van der Waals surface area contributed by atoms with Crippen molar-refractivity contribution >= 4 is 27.5 Å². The van der Waals surface area contributed by atoms with Crippen molar-refractivity contribution < 1.29 is 4.79 Å². The molecule has 15 heavy (non-hydrogen) atoms. The Morgan fingerprint density at radius 2 is 2.20 bits per heavy atom. The van der Waals surface area contributed by atoms with Crippen molar-refractivity contribution in [1.29, 1.82) is 0 Å². The van der Waals surface area contributed by atoms with Gasteiger partial charge >= 0.3 is 0 Å². The molecule has 2 aromatic rings. The number of nitrogens with zero attached hydrogens (tertiary/aromatic N) is 1. The monoisotopic (exact) mass is 218 g/mol. The number of benzene rings is 1. The number of carbonyl (C=O) groups is 1. The van der Waals surface area contributed by atoms with Crippen LogP contribution in [0.25, 0.3) is 10.1 Å². The van der Waals surface area contributed by atoms with Gasteiger partial charge in [-0.25, -0.2) is 0 Å². The highest BCUT2D eigenvalue weighted by Crippen LogP contribution is 2.24. The summed E-state index contributed by atoms with van der Waals surface area (Å²) in [6.07, 6.45) is 2.21. The quantitative estimate of drug-likeness (QED) is 0.839. The number of nitrogens with one attached hydrogen (secondary N) is 1. The zero-order chi connectivity index (χ0) is 10.3. The van der Waals surface area contributed by atoms with E-state index in [1.165, 1.54) is 11.5 Å². The Morgan fingerprint density at radius 3 is 3.00 bits per heavy atom. The average molecular weight is 218 g/mol. The predicted molar refractivity (Wildman–Crippen MR) is 60.1 cm³/mol. The Balaban J connectivity index is 1.98. The van der Waals surface area contributed by atoms with E-state index in [0.717, 1.165) is 22.9 Å². The number of rotatable bonds is 2. The molecule has 3 rings (SSSR count). The van der Waals surface area contributed by atoms with Gasteiger partial charge < -0.3 is 5.32 Å². The van der Waals surface area contributed by atoms with Crippen LogP contribution in [-0.4, -0.2) is 16.3 Å². The first-order chi connectivity index (χ1) is 7.34. The second kappa shape index (κ2) is 3.31. The topological polar surface area (TPSA) is 42.0 Å². The van der Waals surface area contributed by atoms with Crippen LogP contribution < -0.4 is 5.32 Å². The van der Waals surface area contributed by atoms with Gasteiger partial charge in [-0.2, -0.15) is 4.37 Å². The predicted octanol–water partition coefficient (Wildman–Crippen LogP) is 2.19. The molecule has 0 atom stereocenters. The molecule has 4 heteroatoms. The molecule has 0 bridgehead atoms. The van der Waals surface area contributed by atoms with Crippen molar-refractivity contribution in [3.63, 3.8) is 0 Å². The summed E-state index contributed by atoms with van der Waals surface area (Å²) in [5.74, 6) is -0.0325. The molecule has 1 fully saturated rings. The first-order valence-corrected chi connectivity index (χ1v) is 5.77. The third-order valence-corrected chi connectivity index (χ3v) is 3.33. The SMILES string of the molecule is O=C(NC1CC1)c1nsc2ccccc12. The molecule has 3 nitrogen and oxygen atoms in total. The van der Waals surface area contributed by atoms with Crippen molar-refractivity contribution in [3.05, 3.63) is 30.0 Å². The van der Waals surface area contributed by atoms with E-state index >= 15 is 0 Å². The van der Waals surface area contributed by atoms with Crippen LogP contribution >= 0.6 is 11.5 Å². The van der Waals surface area contributed by atoms with Crippen molar-refractivity contribution in [2.45, 2.75) is 18.9 Å². The normalized spacial score (nSPS) is 15.5. The zero-order valence-corrected chi connectivity index (χ0v) is 8.88. The molecule has 1 amide bonds. The smallest absolute Gasteiger partial charge is 0.271 e. The fraction of sp³-hybridized carbons (Fsp3) is 0.273. The molecule has 1 aliphatic rings. The van der Waals surface area contributed by atoms with Crippen molar-refractivity contribution in [1.82, 2.24) is 9.69 Å². The van der Waals surface area contributed by atoms with Gasteiger partial charge in [-0.1, -0.05) is 18.2 Å². The molecule has 1 N–H and O–H groups in total. The minimum Gasteiger partial charge on any atom is -0.348 e. The minimum absolute atomic E-state index is 0.0325. The highest BCUT2D eigenvalue weighted by molar-refractivity contribution is 7.13. The maximum Gasteiger partial charge on any atom is 0.271 e. The molecule has 0 unspecified atom stereocenters. The van der Waals surface area contributed by atoms with Crippen molar-refractivity contribution in [2.24, 2.45) is 0 Å². The fourth-order valence-corrected chi connectivity index (χ4v) is 2.30. The molecule has 0 spiro atoms. The van der Waals surface area contributed by atoms with Crippen LogP contribution in [0.5, 0.6) is 0 Å². The van der Waals surface area contributed by atoms with E-state index in [9.17, 15) is 4.79 Å². The lowest BCUT2D eigenvalue weighted by Gasteiger charge is -1.99. The number of hydrogen-bond acceptors (Lipinski definition) is 3. The van der Waals surface area contributed by atoms with E-state index in [2.05, 4.69) is 9.69 Å². The highest BCUT2D eigenvalue weighted by Gasteiger charge is 2.25. The van der Waals surface area contributed by atoms with Crippen molar-refractivity contribution in [3.8, 4) is 0 Å². The van der Waals surface area contributed by atoms with Gasteiger partial charge in [-0.3, -0.25) is 4.79 Å². The first-order valence-electron chi connectivity index (χ1n) is 5.00. The largest absolute Gasteiger partial charge is 0.348 e. The summed E-state index contributed by atoms with van der Waals surface area (Å²) >= 11 is 1.38. The van der Waals surface area contributed by atoms with Crippen LogP contribution in [0.15, 0.2) is 24.3 Å². The van der Waals surface area contributed by atoms with Gasteiger partial charge in [-0.05, 0) is 30.4 Å². The van der Waals surface area contributed by atoms with E-state index < -0.39 is 0 Å². The maximum atomic E-state index is 11.8. The lowest BCUT2D eigenvalue weighted by Crippen LogP contribution is -2.25. The van der Waals surface area contributed by atoms with Gasteiger partial charge in [0, 0.05) is 11.4 Å². The van der Waals surface area contributed by atoms with Gasteiger partial charge in [0.05, 0.1) is 4.70 Å². The lowest BCUT2D eigenvalue weighted by atomic mass is 10.2. The maximum absolute atomic E-state index is 11.8. The highest BCUT2D eigenvalue weighted by atomic mass is 32.1. The molecule has 1 heterocycles. The Labute approximate surface area is 91.3 Å². The van der Waals surface area contributed by atoms with Crippen LogP contribution in [-0.2, 0) is 0 Å².